The number of nitrogens with zero attached hydrogens (tertiary/aromatic N) is 1. The molecule has 1 aliphatic heterocycles. The standard InChI is InChI=1S/C21H23NO4/c1-25-16-11-12-19-18(13-16)17(9-6-10-20(23)26-2)21(24)22(19)14-15-7-4-3-5-8-15/h3-5,7-8,11-13,17H,6,9-10,14H2,1-2H3. The molecule has 5 heteroatoms. The van der Waals surface area contributed by atoms with E-state index in [4.69, 9.17) is 9.47 Å². The third kappa shape index (κ3) is 3.72. The zero-order valence-electron chi connectivity index (χ0n) is 15.1. The summed E-state index contributed by atoms with van der Waals surface area (Å²) in [6.45, 7) is 0.534. The van der Waals surface area contributed by atoms with Gasteiger partial charge in [-0.15, -0.1) is 0 Å². The maximum Gasteiger partial charge on any atom is 0.305 e. The average Bonchev–Trinajstić information content (AvgIpc) is 2.93. The van der Waals surface area contributed by atoms with E-state index in [9.17, 15) is 9.59 Å². The maximum absolute atomic E-state index is 13.1. The van der Waals surface area contributed by atoms with E-state index in [2.05, 4.69) is 0 Å². The highest BCUT2D eigenvalue weighted by atomic mass is 16.5. The lowest BCUT2D eigenvalue weighted by Crippen LogP contribution is -2.28. The quantitative estimate of drug-likeness (QED) is 0.713. The van der Waals surface area contributed by atoms with E-state index in [1.54, 1.807) is 7.11 Å². The number of esters is 1. The van der Waals surface area contributed by atoms with Crippen molar-refractivity contribution in [2.24, 2.45) is 0 Å². The molecule has 0 fully saturated rings. The summed E-state index contributed by atoms with van der Waals surface area (Å²) in [5, 5.41) is 0. The van der Waals surface area contributed by atoms with E-state index < -0.39 is 0 Å². The first kappa shape index (κ1) is 18.0. The zero-order chi connectivity index (χ0) is 18.5. The molecule has 0 aliphatic carbocycles. The molecule has 3 rings (SSSR count). The summed E-state index contributed by atoms with van der Waals surface area (Å²) in [6, 6.07) is 15.7. The van der Waals surface area contributed by atoms with Crippen molar-refractivity contribution in [2.75, 3.05) is 19.1 Å². The van der Waals surface area contributed by atoms with E-state index in [1.807, 2.05) is 53.4 Å². The summed E-state index contributed by atoms with van der Waals surface area (Å²) in [5.41, 5.74) is 2.97. The number of hydrogen-bond acceptors (Lipinski definition) is 4. The van der Waals surface area contributed by atoms with Crippen LogP contribution >= 0.6 is 0 Å². The van der Waals surface area contributed by atoms with Crippen LogP contribution in [0.4, 0.5) is 5.69 Å². The fourth-order valence-electron chi connectivity index (χ4n) is 3.38. The molecule has 1 atom stereocenters. The third-order valence-electron chi connectivity index (χ3n) is 4.75. The lowest BCUT2D eigenvalue weighted by molar-refractivity contribution is -0.140. The third-order valence-corrected chi connectivity index (χ3v) is 4.75. The molecular weight excluding hydrogens is 330 g/mol. The Morgan fingerprint density at radius 3 is 2.58 bits per heavy atom. The molecular formula is C21H23NO4. The van der Waals surface area contributed by atoms with Gasteiger partial charge >= 0.3 is 5.97 Å². The predicted octanol–water partition coefficient (Wildman–Crippen LogP) is 3.67. The minimum atomic E-state index is -0.256. The van der Waals surface area contributed by atoms with Crippen LogP contribution in [0.5, 0.6) is 5.75 Å². The summed E-state index contributed by atoms with van der Waals surface area (Å²) >= 11 is 0. The van der Waals surface area contributed by atoms with E-state index in [-0.39, 0.29) is 17.8 Å². The normalized spacial score (nSPS) is 15.7. The number of methoxy groups -OCH3 is 2. The van der Waals surface area contributed by atoms with Gasteiger partial charge in [0.15, 0.2) is 0 Å². The second kappa shape index (κ2) is 8.04. The predicted molar refractivity (Wildman–Crippen MR) is 99.2 cm³/mol. The monoisotopic (exact) mass is 353 g/mol. The Kier molecular flexibility index (Phi) is 5.56. The number of hydrogen-bond donors (Lipinski definition) is 0. The van der Waals surface area contributed by atoms with E-state index in [0.29, 0.717) is 25.8 Å². The van der Waals surface area contributed by atoms with Gasteiger partial charge in [0.2, 0.25) is 5.91 Å². The summed E-state index contributed by atoms with van der Waals surface area (Å²) in [4.78, 5) is 26.3. The Bertz CT molecular complexity index is 788. The van der Waals surface area contributed by atoms with Crippen molar-refractivity contribution in [1.29, 1.82) is 0 Å². The largest absolute Gasteiger partial charge is 0.497 e. The van der Waals surface area contributed by atoms with Crippen molar-refractivity contribution < 1.29 is 19.1 Å². The highest BCUT2D eigenvalue weighted by Crippen LogP contribution is 2.42. The molecule has 1 amide bonds. The topological polar surface area (TPSA) is 55.8 Å². The second-order valence-electron chi connectivity index (χ2n) is 6.36. The van der Waals surface area contributed by atoms with Gasteiger partial charge in [0.25, 0.3) is 0 Å². The summed E-state index contributed by atoms with van der Waals surface area (Å²) in [5.74, 6) is 0.300. The molecule has 2 aromatic carbocycles. The second-order valence-corrected chi connectivity index (χ2v) is 6.36. The molecule has 0 radical (unpaired) electrons. The molecule has 2 aromatic rings. The van der Waals surface area contributed by atoms with Crippen LogP contribution in [0.1, 0.15) is 36.3 Å². The number of ether oxygens (including phenoxy) is 2. The van der Waals surface area contributed by atoms with Crippen LogP contribution in [0.25, 0.3) is 0 Å². The molecule has 1 unspecified atom stereocenters. The first-order valence-corrected chi connectivity index (χ1v) is 8.74. The highest BCUT2D eigenvalue weighted by molar-refractivity contribution is 6.05. The molecule has 0 N–H and O–H groups in total. The van der Waals surface area contributed by atoms with Crippen molar-refractivity contribution in [3.05, 3.63) is 59.7 Å². The molecule has 1 aliphatic rings. The lowest BCUT2D eigenvalue weighted by atomic mass is 9.94. The first-order chi connectivity index (χ1) is 12.6. The number of anilines is 1. The van der Waals surface area contributed by atoms with Crippen molar-refractivity contribution >= 4 is 17.6 Å². The fourth-order valence-corrected chi connectivity index (χ4v) is 3.38. The Morgan fingerprint density at radius 1 is 1.12 bits per heavy atom. The van der Waals surface area contributed by atoms with Gasteiger partial charge < -0.3 is 14.4 Å². The van der Waals surface area contributed by atoms with Gasteiger partial charge in [-0.3, -0.25) is 9.59 Å². The van der Waals surface area contributed by atoms with Gasteiger partial charge in [0, 0.05) is 12.1 Å². The van der Waals surface area contributed by atoms with Crippen LogP contribution in [-0.2, 0) is 20.9 Å². The van der Waals surface area contributed by atoms with E-state index in [0.717, 1.165) is 22.6 Å². The van der Waals surface area contributed by atoms with E-state index >= 15 is 0 Å². The molecule has 136 valence electrons. The molecule has 26 heavy (non-hydrogen) atoms. The van der Waals surface area contributed by atoms with Crippen LogP contribution in [0.15, 0.2) is 48.5 Å². The minimum Gasteiger partial charge on any atom is -0.497 e. The van der Waals surface area contributed by atoms with Gasteiger partial charge in [-0.05, 0) is 42.2 Å². The molecule has 0 bridgehead atoms. The molecule has 0 spiro atoms. The van der Waals surface area contributed by atoms with Gasteiger partial charge in [-0.25, -0.2) is 0 Å². The first-order valence-electron chi connectivity index (χ1n) is 8.74. The number of amides is 1. The maximum atomic E-state index is 13.1. The van der Waals surface area contributed by atoms with Crippen LogP contribution in [0.2, 0.25) is 0 Å². The smallest absolute Gasteiger partial charge is 0.305 e. The Labute approximate surface area is 153 Å². The molecule has 0 aromatic heterocycles. The van der Waals surface area contributed by atoms with Crippen molar-refractivity contribution in [1.82, 2.24) is 0 Å². The van der Waals surface area contributed by atoms with Crippen molar-refractivity contribution in [2.45, 2.75) is 31.7 Å². The molecule has 5 nitrogen and oxygen atoms in total. The Morgan fingerprint density at radius 2 is 1.88 bits per heavy atom. The summed E-state index contributed by atoms with van der Waals surface area (Å²) in [7, 11) is 3.00. The Balaban J connectivity index is 1.84. The average molecular weight is 353 g/mol. The highest BCUT2D eigenvalue weighted by Gasteiger charge is 2.37. The lowest BCUT2D eigenvalue weighted by Gasteiger charge is -2.18. The van der Waals surface area contributed by atoms with E-state index in [1.165, 1.54) is 7.11 Å². The number of fused-ring (bicyclic) bond motifs is 1. The van der Waals surface area contributed by atoms with Gasteiger partial charge in [0.05, 0.1) is 26.7 Å². The van der Waals surface area contributed by atoms with Crippen LogP contribution in [-0.4, -0.2) is 26.1 Å². The van der Waals surface area contributed by atoms with Gasteiger partial charge in [0.1, 0.15) is 5.75 Å². The van der Waals surface area contributed by atoms with Gasteiger partial charge in [-0.2, -0.15) is 0 Å². The number of benzene rings is 2. The van der Waals surface area contributed by atoms with Crippen molar-refractivity contribution in [3.63, 3.8) is 0 Å². The molecule has 0 saturated heterocycles. The number of carbonyl (C=O) groups excluding carboxylic acids is 2. The number of carbonyl (C=O) groups is 2. The summed E-state index contributed by atoms with van der Waals surface area (Å²) in [6.07, 6.45) is 1.54. The fraction of sp³-hybridized carbons (Fsp3) is 0.333. The Hall–Kier alpha value is -2.82. The molecule has 1 heterocycles. The summed E-state index contributed by atoms with van der Waals surface area (Å²) < 4.78 is 10.0. The van der Waals surface area contributed by atoms with Crippen molar-refractivity contribution in [3.8, 4) is 5.75 Å². The molecule has 0 saturated carbocycles. The SMILES string of the molecule is COC(=O)CCCC1C(=O)N(Cc2ccccc2)c2ccc(OC)cc21. The van der Waals surface area contributed by atoms with Gasteiger partial charge in [-0.1, -0.05) is 30.3 Å². The van der Waals surface area contributed by atoms with Crippen LogP contribution < -0.4 is 9.64 Å². The van der Waals surface area contributed by atoms with Crippen LogP contribution in [0, 0.1) is 0 Å². The minimum absolute atomic E-state index is 0.0713. The zero-order valence-corrected chi connectivity index (χ0v) is 15.1. The van der Waals surface area contributed by atoms with Crippen LogP contribution in [0.3, 0.4) is 0 Å². The number of rotatable bonds is 7.